The fraction of sp³-hybridized carbons (Fsp3) is 0.111. The molecule has 0 spiro atoms. The van der Waals surface area contributed by atoms with Crippen molar-refractivity contribution in [3.05, 3.63) is 65.4 Å². The van der Waals surface area contributed by atoms with Crippen LogP contribution < -0.4 is 0 Å². The van der Waals surface area contributed by atoms with E-state index in [-0.39, 0.29) is 24.7 Å². The van der Waals surface area contributed by atoms with E-state index in [1.807, 2.05) is 6.07 Å². The second-order valence-electron chi connectivity index (χ2n) is 5.09. The average Bonchev–Trinajstić information content (AvgIpc) is 2.95. The maximum absolute atomic E-state index is 12.0. The molecular weight excluding hydrogens is 294 g/mol. The lowest BCUT2D eigenvalue weighted by molar-refractivity contribution is -0.144. The molecule has 1 heterocycles. The second kappa shape index (κ2) is 6.24. The van der Waals surface area contributed by atoms with Gasteiger partial charge in [-0.2, -0.15) is 5.26 Å². The minimum atomic E-state index is -0.370. The molecule has 0 radical (unpaired) electrons. The number of phenols is 1. The minimum Gasteiger partial charge on any atom is -0.508 e. The molecule has 1 N–H and O–H groups in total. The van der Waals surface area contributed by atoms with Gasteiger partial charge in [0.15, 0.2) is 0 Å². The van der Waals surface area contributed by atoms with Crippen LogP contribution >= 0.6 is 0 Å². The lowest BCUT2D eigenvalue weighted by Gasteiger charge is -2.04. The molecule has 0 aliphatic heterocycles. The monoisotopic (exact) mass is 307 g/mol. The summed E-state index contributed by atoms with van der Waals surface area (Å²) in [6, 6.07) is 13.6. The van der Waals surface area contributed by atoms with Crippen LogP contribution in [0.4, 0.5) is 0 Å². The van der Waals surface area contributed by atoms with Crippen molar-refractivity contribution in [1.82, 2.24) is 0 Å². The van der Waals surface area contributed by atoms with Gasteiger partial charge in [0.25, 0.3) is 0 Å². The Hall–Kier alpha value is -3.26. The fourth-order valence-corrected chi connectivity index (χ4v) is 2.25. The van der Waals surface area contributed by atoms with Gasteiger partial charge in [0.05, 0.1) is 24.3 Å². The molecule has 3 rings (SSSR count). The second-order valence-corrected chi connectivity index (χ2v) is 5.09. The predicted octanol–water partition coefficient (Wildman–Crippen LogP) is 3.30. The van der Waals surface area contributed by atoms with E-state index < -0.39 is 0 Å². The number of benzene rings is 2. The van der Waals surface area contributed by atoms with E-state index in [0.29, 0.717) is 16.7 Å². The largest absolute Gasteiger partial charge is 0.508 e. The maximum Gasteiger partial charge on any atom is 0.310 e. The van der Waals surface area contributed by atoms with Crippen LogP contribution in [0.25, 0.3) is 11.0 Å². The Balaban J connectivity index is 1.63. The number of ether oxygens (including phenoxy) is 1. The number of furan rings is 1. The number of phenolic OH excluding ortho intramolecular Hbond substituents is 1. The van der Waals surface area contributed by atoms with Crippen molar-refractivity contribution in [2.24, 2.45) is 0 Å². The summed E-state index contributed by atoms with van der Waals surface area (Å²) in [5, 5.41) is 18.9. The Kier molecular flexibility index (Phi) is 3.98. The van der Waals surface area contributed by atoms with E-state index in [0.717, 1.165) is 10.9 Å². The van der Waals surface area contributed by atoms with Crippen molar-refractivity contribution in [2.75, 3.05) is 0 Å². The lowest BCUT2D eigenvalue weighted by atomic mass is 10.1. The van der Waals surface area contributed by atoms with Gasteiger partial charge >= 0.3 is 5.97 Å². The van der Waals surface area contributed by atoms with E-state index in [1.165, 1.54) is 12.3 Å². The smallest absolute Gasteiger partial charge is 0.310 e. The first-order valence-electron chi connectivity index (χ1n) is 6.99. The number of aromatic hydroxyl groups is 1. The van der Waals surface area contributed by atoms with Gasteiger partial charge in [0.1, 0.15) is 17.9 Å². The van der Waals surface area contributed by atoms with Crippen LogP contribution in [0, 0.1) is 11.3 Å². The third kappa shape index (κ3) is 3.33. The van der Waals surface area contributed by atoms with Crippen LogP contribution in [0.1, 0.15) is 16.7 Å². The number of nitrogens with zero attached hydrogens (tertiary/aromatic N) is 1. The number of carbonyl (C=O) groups excluding carboxylic acids is 1. The topological polar surface area (TPSA) is 83.5 Å². The number of hydrogen-bond acceptors (Lipinski definition) is 5. The van der Waals surface area contributed by atoms with Gasteiger partial charge in [-0.25, -0.2) is 0 Å². The Bertz CT molecular complexity index is 888. The van der Waals surface area contributed by atoms with Crippen LogP contribution in [0.5, 0.6) is 5.75 Å². The number of esters is 1. The Morgan fingerprint density at radius 1 is 1.22 bits per heavy atom. The zero-order valence-corrected chi connectivity index (χ0v) is 12.2. The van der Waals surface area contributed by atoms with E-state index in [2.05, 4.69) is 0 Å². The molecule has 0 atom stereocenters. The van der Waals surface area contributed by atoms with Crippen LogP contribution in [0.15, 0.2) is 53.1 Å². The van der Waals surface area contributed by atoms with Crippen molar-refractivity contribution in [3.8, 4) is 11.8 Å². The van der Waals surface area contributed by atoms with Crippen LogP contribution in [0.3, 0.4) is 0 Å². The zero-order chi connectivity index (χ0) is 16.2. The molecular formula is C18H13NO4. The Labute approximate surface area is 132 Å². The van der Waals surface area contributed by atoms with Crippen LogP contribution in [0.2, 0.25) is 0 Å². The number of fused-ring (bicyclic) bond motifs is 1. The highest BCUT2D eigenvalue weighted by molar-refractivity contribution is 5.86. The molecule has 114 valence electrons. The van der Waals surface area contributed by atoms with Crippen molar-refractivity contribution in [2.45, 2.75) is 13.0 Å². The maximum atomic E-state index is 12.0. The van der Waals surface area contributed by atoms with Crippen molar-refractivity contribution >= 4 is 16.9 Å². The fourth-order valence-electron chi connectivity index (χ4n) is 2.25. The quantitative estimate of drug-likeness (QED) is 0.748. The molecule has 0 fully saturated rings. The summed E-state index contributed by atoms with van der Waals surface area (Å²) in [7, 11) is 0. The summed E-state index contributed by atoms with van der Waals surface area (Å²) in [5.41, 5.74) is 2.62. The zero-order valence-electron chi connectivity index (χ0n) is 12.2. The third-order valence-corrected chi connectivity index (χ3v) is 3.46. The van der Waals surface area contributed by atoms with Crippen LogP contribution in [-0.4, -0.2) is 11.1 Å². The van der Waals surface area contributed by atoms with Gasteiger partial charge < -0.3 is 14.3 Å². The average molecular weight is 307 g/mol. The molecule has 0 bridgehead atoms. The van der Waals surface area contributed by atoms with Gasteiger partial charge in [-0.05, 0) is 29.8 Å². The normalized spacial score (nSPS) is 10.4. The number of rotatable bonds is 4. The standard InChI is InChI=1S/C18H13NO4/c19-9-12-1-3-13(4-2-12)10-23-18(21)7-14-11-22-17-8-15(20)5-6-16(14)17/h1-6,8,11,20H,7,10H2. The first kappa shape index (κ1) is 14.7. The Morgan fingerprint density at radius 3 is 2.74 bits per heavy atom. The molecule has 0 aliphatic rings. The molecule has 0 amide bonds. The van der Waals surface area contributed by atoms with Gasteiger partial charge in [0.2, 0.25) is 0 Å². The van der Waals surface area contributed by atoms with Gasteiger partial charge in [-0.15, -0.1) is 0 Å². The van der Waals surface area contributed by atoms with E-state index in [1.54, 1.807) is 36.4 Å². The highest BCUT2D eigenvalue weighted by Gasteiger charge is 2.12. The molecule has 5 nitrogen and oxygen atoms in total. The summed E-state index contributed by atoms with van der Waals surface area (Å²) in [4.78, 5) is 12.0. The van der Waals surface area contributed by atoms with Crippen molar-refractivity contribution < 1.29 is 19.1 Å². The number of hydrogen-bond donors (Lipinski definition) is 1. The van der Waals surface area contributed by atoms with E-state index >= 15 is 0 Å². The highest BCUT2D eigenvalue weighted by Crippen LogP contribution is 2.25. The number of carbonyl (C=O) groups is 1. The van der Waals surface area contributed by atoms with Crippen molar-refractivity contribution in [1.29, 1.82) is 5.26 Å². The van der Waals surface area contributed by atoms with Crippen molar-refractivity contribution in [3.63, 3.8) is 0 Å². The molecule has 2 aromatic carbocycles. The van der Waals surface area contributed by atoms with Crippen LogP contribution in [-0.2, 0) is 22.6 Å². The highest BCUT2D eigenvalue weighted by atomic mass is 16.5. The van der Waals surface area contributed by atoms with E-state index in [9.17, 15) is 9.90 Å². The molecule has 1 aromatic heterocycles. The first-order chi connectivity index (χ1) is 11.2. The van der Waals surface area contributed by atoms with Gasteiger partial charge in [-0.3, -0.25) is 4.79 Å². The molecule has 0 unspecified atom stereocenters. The summed E-state index contributed by atoms with van der Waals surface area (Å²) < 4.78 is 10.6. The summed E-state index contributed by atoms with van der Waals surface area (Å²) in [6.07, 6.45) is 1.58. The Morgan fingerprint density at radius 2 is 2.00 bits per heavy atom. The molecule has 0 aliphatic carbocycles. The lowest BCUT2D eigenvalue weighted by Crippen LogP contribution is -2.07. The molecule has 3 aromatic rings. The van der Waals surface area contributed by atoms with Gasteiger partial charge in [0, 0.05) is 17.0 Å². The molecule has 0 saturated heterocycles. The summed E-state index contributed by atoms with van der Waals surface area (Å²) >= 11 is 0. The number of nitriles is 1. The molecule has 0 saturated carbocycles. The summed E-state index contributed by atoms with van der Waals surface area (Å²) in [5.74, 6) is -0.257. The molecule has 5 heteroatoms. The van der Waals surface area contributed by atoms with Gasteiger partial charge in [-0.1, -0.05) is 12.1 Å². The third-order valence-electron chi connectivity index (χ3n) is 3.46. The SMILES string of the molecule is N#Cc1ccc(COC(=O)Cc2coc3cc(O)ccc23)cc1. The molecule has 23 heavy (non-hydrogen) atoms. The first-order valence-corrected chi connectivity index (χ1v) is 6.99. The predicted molar refractivity (Wildman–Crippen MR) is 82.5 cm³/mol. The minimum absolute atomic E-state index is 0.0913. The summed E-state index contributed by atoms with van der Waals surface area (Å²) in [6.45, 7) is 0.154. The van der Waals surface area contributed by atoms with E-state index in [4.69, 9.17) is 14.4 Å².